The molecule has 2 aromatic heterocycles. The van der Waals surface area contributed by atoms with Crippen LogP contribution in [0.4, 0.5) is 23.2 Å². The van der Waals surface area contributed by atoms with E-state index >= 15 is 4.79 Å². The van der Waals surface area contributed by atoms with Crippen molar-refractivity contribution in [2.24, 2.45) is 5.92 Å². The topological polar surface area (TPSA) is 169 Å². The molecule has 4 aromatic rings. The van der Waals surface area contributed by atoms with Crippen molar-refractivity contribution < 1.29 is 49.8 Å². The van der Waals surface area contributed by atoms with Crippen molar-refractivity contribution in [1.29, 1.82) is 0 Å². The lowest BCUT2D eigenvalue weighted by atomic mass is 10.0. The molecule has 0 spiro atoms. The second-order valence-electron chi connectivity index (χ2n) is 18.2. The van der Waals surface area contributed by atoms with E-state index in [1.165, 1.54) is 29.2 Å². The molecule has 67 heavy (non-hydrogen) atoms. The lowest BCUT2D eigenvalue weighted by Crippen LogP contribution is -2.58. The number of carbonyl (C=O) groups excluding carboxylic acids is 3. The number of benzene rings is 2. The number of pyridine rings is 1. The van der Waals surface area contributed by atoms with Gasteiger partial charge in [-0.25, -0.2) is 22.8 Å². The Kier molecular flexibility index (Phi) is 14.1. The SMILES string of the molecule is C=CCCCCC[C@H](Nc1ccc(F)c(C(F)(F)F)c1)C(=O)N1C[C@H](Oc2cc(-c3nc(C(C)C)cs3)nc3c(C)c(OC)ccc23)C[C@H]1C(=O)N[C@]1(C(=O)NS(=O)(=O)C2(C)CC2)C[C@H]1C=C. The molecule has 3 amide bonds. The van der Waals surface area contributed by atoms with E-state index < -0.39 is 79.7 Å². The number of ether oxygens (including phenoxy) is 2. The molecule has 360 valence electrons. The highest BCUT2D eigenvalue weighted by atomic mass is 32.2. The third kappa shape index (κ3) is 10.3. The summed E-state index contributed by atoms with van der Waals surface area (Å²) in [7, 11) is -2.55. The summed E-state index contributed by atoms with van der Waals surface area (Å²) in [6, 6.07) is 5.19. The predicted molar refractivity (Wildman–Crippen MR) is 249 cm³/mol. The van der Waals surface area contributed by atoms with Gasteiger partial charge in [-0.1, -0.05) is 38.8 Å². The number of hydrogen-bond acceptors (Lipinski definition) is 11. The molecule has 3 heterocycles. The smallest absolute Gasteiger partial charge is 0.419 e. The van der Waals surface area contributed by atoms with Crippen LogP contribution >= 0.6 is 11.3 Å². The highest BCUT2D eigenvalue weighted by molar-refractivity contribution is 7.91. The van der Waals surface area contributed by atoms with Crippen LogP contribution in [0.2, 0.25) is 0 Å². The Morgan fingerprint density at radius 3 is 2.43 bits per heavy atom. The number of hydrogen-bond donors (Lipinski definition) is 3. The first kappa shape index (κ1) is 49.3. The maximum atomic E-state index is 15.0. The summed E-state index contributed by atoms with van der Waals surface area (Å²) in [6.45, 7) is 14.8. The first-order chi connectivity index (χ1) is 31.6. The first-order valence-corrected chi connectivity index (χ1v) is 24.7. The summed E-state index contributed by atoms with van der Waals surface area (Å²) < 4.78 is 95.9. The van der Waals surface area contributed by atoms with E-state index in [4.69, 9.17) is 19.4 Å². The fourth-order valence-electron chi connectivity index (χ4n) is 8.45. The van der Waals surface area contributed by atoms with Gasteiger partial charge in [-0.2, -0.15) is 13.2 Å². The number of unbranched alkanes of at least 4 members (excludes halogenated alkanes) is 3. The second-order valence-corrected chi connectivity index (χ2v) is 21.3. The number of allylic oxidation sites excluding steroid dienone is 1. The number of methoxy groups -OCH3 is 1. The highest BCUT2D eigenvalue weighted by Crippen LogP contribution is 2.47. The Labute approximate surface area is 391 Å². The van der Waals surface area contributed by atoms with Gasteiger partial charge in [0.2, 0.25) is 21.8 Å². The van der Waals surface area contributed by atoms with Gasteiger partial charge in [-0.05, 0) is 88.6 Å². The number of likely N-dealkylation sites (tertiary alicyclic amines) is 1. The Bertz CT molecular complexity index is 2690. The molecular formula is C48H56F4N6O7S2. The average Bonchev–Trinajstić information content (AvgIpc) is 4.06. The molecule has 2 aliphatic carbocycles. The fourth-order valence-corrected chi connectivity index (χ4v) is 10.7. The molecule has 3 aliphatic rings. The van der Waals surface area contributed by atoms with Crippen LogP contribution in [0.3, 0.4) is 0 Å². The van der Waals surface area contributed by atoms with E-state index in [2.05, 4.69) is 28.5 Å². The zero-order valence-electron chi connectivity index (χ0n) is 38.1. The number of amides is 3. The molecule has 0 unspecified atom stereocenters. The molecule has 19 heteroatoms. The monoisotopic (exact) mass is 968 g/mol. The van der Waals surface area contributed by atoms with Gasteiger partial charge in [0.1, 0.15) is 51.7 Å². The summed E-state index contributed by atoms with van der Waals surface area (Å²) in [6.07, 6.45) is 0.656. The Morgan fingerprint density at radius 1 is 1.06 bits per heavy atom. The Hall–Kier alpha value is -5.56. The minimum atomic E-state index is -5.02. The lowest BCUT2D eigenvalue weighted by molar-refractivity contribution is -0.140. The van der Waals surface area contributed by atoms with Gasteiger partial charge in [0, 0.05) is 40.4 Å². The van der Waals surface area contributed by atoms with E-state index in [1.54, 1.807) is 31.4 Å². The minimum absolute atomic E-state index is 0.0474. The number of rotatable bonds is 20. The van der Waals surface area contributed by atoms with Gasteiger partial charge in [-0.15, -0.1) is 24.5 Å². The average molecular weight is 969 g/mol. The van der Waals surface area contributed by atoms with Crippen LogP contribution in [0.25, 0.3) is 21.6 Å². The quantitative estimate of drug-likeness (QED) is 0.0442. The fraction of sp³-hybridized carbons (Fsp3) is 0.479. The van der Waals surface area contributed by atoms with Crippen LogP contribution < -0.4 is 24.8 Å². The number of aromatic nitrogens is 2. The van der Waals surface area contributed by atoms with Crippen LogP contribution in [0.5, 0.6) is 11.5 Å². The van der Waals surface area contributed by atoms with Crippen LogP contribution in [0, 0.1) is 18.7 Å². The molecular weight excluding hydrogens is 913 g/mol. The third-order valence-corrected chi connectivity index (χ3v) is 16.1. The molecule has 2 saturated carbocycles. The minimum Gasteiger partial charge on any atom is -0.496 e. The van der Waals surface area contributed by atoms with Crippen molar-refractivity contribution >= 4 is 55.7 Å². The number of halogens is 4. The zero-order chi connectivity index (χ0) is 48.6. The van der Waals surface area contributed by atoms with Gasteiger partial charge in [0.25, 0.3) is 5.91 Å². The van der Waals surface area contributed by atoms with Crippen LogP contribution in [0.15, 0.2) is 67.1 Å². The molecule has 3 N–H and O–H groups in total. The molecule has 0 bridgehead atoms. The Balaban J connectivity index is 1.26. The summed E-state index contributed by atoms with van der Waals surface area (Å²) in [5, 5.41) is 8.90. The largest absolute Gasteiger partial charge is 0.496 e. The van der Waals surface area contributed by atoms with E-state index in [0.29, 0.717) is 77.3 Å². The molecule has 13 nitrogen and oxygen atoms in total. The zero-order valence-corrected chi connectivity index (χ0v) is 39.7. The maximum Gasteiger partial charge on any atom is 0.419 e. The number of carbonyl (C=O) groups is 3. The Morgan fingerprint density at radius 2 is 1.81 bits per heavy atom. The van der Waals surface area contributed by atoms with Crippen molar-refractivity contribution in [3.63, 3.8) is 0 Å². The summed E-state index contributed by atoms with van der Waals surface area (Å²) in [4.78, 5) is 54.7. The highest BCUT2D eigenvalue weighted by Gasteiger charge is 2.63. The number of nitrogens with zero attached hydrogens (tertiary/aromatic N) is 3. The van der Waals surface area contributed by atoms with Gasteiger partial charge < -0.3 is 25.0 Å². The molecule has 3 fully saturated rings. The van der Waals surface area contributed by atoms with E-state index in [1.807, 2.05) is 26.2 Å². The van der Waals surface area contributed by atoms with Crippen molar-refractivity contribution in [1.82, 2.24) is 24.9 Å². The number of sulfonamides is 1. The van der Waals surface area contributed by atoms with Crippen molar-refractivity contribution in [2.45, 2.75) is 126 Å². The molecule has 1 aliphatic heterocycles. The predicted octanol–water partition coefficient (Wildman–Crippen LogP) is 8.98. The van der Waals surface area contributed by atoms with E-state index in [-0.39, 0.29) is 37.4 Å². The standard InChI is InChI=1S/C48H56F4N6O7S2/c1-8-10-11-12-13-14-35(53-30-15-17-34(49)33(21-30)48(50,51)52)44(60)58-25-31(22-38(58)42(59)56-47(24-29(47)9-2)45(61)57-67(62,63)46(6)19-20-46)65-40-23-36(43-55-37(26-66-43)27(3)4)54-41-28(5)39(64-7)18-16-32(40)41/h8-9,15-18,21,23,26-27,29,31,35,38,53H,1-2,10-14,19-20,22,24-25H2,3-7H3,(H,56,59)(H,57,61)/t29-,31-,35+,38+,47-/m1/s1. The number of nitrogens with one attached hydrogen (secondary N) is 3. The van der Waals surface area contributed by atoms with Crippen LogP contribution in [-0.4, -0.2) is 83.1 Å². The van der Waals surface area contributed by atoms with E-state index in [0.717, 1.165) is 23.7 Å². The molecule has 5 atom stereocenters. The number of thiazole rings is 1. The number of alkyl halides is 3. The first-order valence-electron chi connectivity index (χ1n) is 22.3. The maximum absolute atomic E-state index is 15.0. The van der Waals surface area contributed by atoms with Crippen molar-refractivity contribution in [2.75, 3.05) is 19.0 Å². The third-order valence-electron chi connectivity index (χ3n) is 13.0. The van der Waals surface area contributed by atoms with Crippen LogP contribution in [-0.2, 0) is 30.6 Å². The van der Waals surface area contributed by atoms with Crippen LogP contribution in [0.1, 0.15) is 101 Å². The lowest BCUT2D eigenvalue weighted by Gasteiger charge is -2.30. The molecule has 2 aromatic carbocycles. The summed E-state index contributed by atoms with van der Waals surface area (Å²) >= 11 is 1.42. The molecule has 7 rings (SSSR count). The normalized spacial score (nSPS) is 21.4. The summed E-state index contributed by atoms with van der Waals surface area (Å²) in [5.74, 6) is -3.36. The van der Waals surface area contributed by atoms with Gasteiger partial charge >= 0.3 is 6.18 Å². The van der Waals surface area contributed by atoms with Gasteiger partial charge in [0.15, 0.2) is 0 Å². The van der Waals surface area contributed by atoms with Gasteiger partial charge in [-0.3, -0.25) is 19.1 Å². The molecule has 1 saturated heterocycles. The number of anilines is 1. The second kappa shape index (κ2) is 19.2. The molecule has 0 radical (unpaired) electrons. The van der Waals surface area contributed by atoms with Crippen molar-refractivity contribution in [3.05, 3.63) is 89.7 Å². The van der Waals surface area contributed by atoms with Crippen molar-refractivity contribution in [3.8, 4) is 22.2 Å². The van der Waals surface area contributed by atoms with Gasteiger partial charge in [0.05, 0.1) is 35.2 Å². The summed E-state index contributed by atoms with van der Waals surface area (Å²) in [5.41, 5.74) is -0.676. The number of aryl methyl sites for hydroxylation is 1. The van der Waals surface area contributed by atoms with E-state index in [9.17, 15) is 35.6 Å². The number of fused-ring (bicyclic) bond motifs is 1.